The van der Waals surface area contributed by atoms with Crippen LogP contribution in [0, 0.1) is 18.7 Å². The highest BCUT2D eigenvalue weighted by Gasteiger charge is 2.34. The number of carbonyl (C=O) groups is 3. The first-order chi connectivity index (χ1) is 16.4. The minimum atomic E-state index is -0.736. The van der Waals surface area contributed by atoms with Gasteiger partial charge in [-0.25, -0.2) is 4.39 Å². The van der Waals surface area contributed by atoms with E-state index in [1.807, 2.05) is 19.1 Å². The Labute approximate surface area is 199 Å². The predicted molar refractivity (Wildman–Crippen MR) is 127 cm³/mol. The number of amides is 3. The molecule has 34 heavy (non-hydrogen) atoms. The highest BCUT2D eigenvalue weighted by atomic mass is 19.1. The summed E-state index contributed by atoms with van der Waals surface area (Å²) >= 11 is 0. The molecule has 1 unspecified atom stereocenters. The molecular formula is C26H32FN3O4. The van der Waals surface area contributed by atoms with Gasteiger partial charge in [-0.1, -0.05) is 30.3 Å². The third-order valence-electron chi connectivity index (χ3n) is 6.19. The van der Waals surface area contributed by atoms with Crippen molar-refractivity contribution in [1.82, 2.24) is 15.5 Å². The van der Waals surface area contributed by atoms with Gasteiger partial charge in [0.15, 0.2) is 0 Å². The summed E-state index contributed by atoms with van der Waals surface area (Å²) in [6, 6.07) is 12.4. The van der Waals surface area contributed by atoms with Crippen molar-refractivity contribution in [3.8, 4) is 0 Å². The van der Waals surface area contributed by atoms with Crippen LogP contribution in [0.4, 0.5) is 4.39 Å². The molecule has 3 rings (SSSR count). The van der Waals surface area contributed by atoms with Crippen molar-refractivity contribution in [1.29, 1.82) is 0 Å². The predicted octanol–water partition coefficient (Wildman–Crippen LogP) is 2.94. The Morgan fingerprint density at radius 2 is 1.71 bits per heavy atom. The van der Waals surface area contributed by atoms with E-state index in [0.717, 1.165) is 5.56 Å². The van der Waals surface area contributed by atoms with Crippen LogP contribution in [0.3, 0.4) is 0 Å². The molecule has 1 fully saturated rings. The number of piperidine rings is 1. The molecular weight excluding hydrogens is 437 g/mol. The zero-order chi connectivity index (χ0) is 24.5. The van der Waals surface area contributed by atoms with Gasteiger partial charge in [0.25, 0.3) is 11.8 Å². The van der Waals surface area contributed by atoms with Crippen LogP contribution in [0.5, 0.6) is 0 Å². The molecule has 1 atom stereocenters. The lowest BCUT2D eigenvalue weighted by atomic mass is 9.88. The molecule has 1 saturated heterocycles. The van der Waals surface area contributed by atoms with Crippen LogP contribution >= 0.6 is 0 Å². The molecule has 2 aromatic carbocycles. The molecule has 0 aliphatic carbocycles. The van der Waals surface area contributed by atoms with E-state index in [4.69, 9.17) is 4.74 Å². The molecule has 7 nitrogen and oxygen atoms in total. The van der Waals surface area contributed by atoms with Crippen LogP contribution in [0.25, 0.3) is 0 Å². The van der Waals surface area contributed by atoms with Crippen LogP contribution in [0.1, 0.15) is 45.5 Å². The Morgan fingerprint density at radius 1 is 1.06 bits per heavy atom. The van der Waals surface area contributed by atoms with Gasteiger partial charge in [-0.2, -0.15) is 0 Å². The van der Waals surface area contributed by atoms with Gasteiger partial charge in [-0.15, -0.1) is 0 Å². The Morgan fingerprint density at radius 3 is 2.35 bits per heavy atom. The molecule has 8 heteroatoms. The largest absolute Gasteiger partial charge is 0.385 e. The fourth-order valence-corrected chi connectivity index (χ4v) is 4.22. The van der Waals surface area contributed by atoms with Crippen LogP contribution in [0.15, 0.2) is 48.5 Å². The second kappa shape index (κ2) is 12.3. The highest BCUT2D eigenvalue weighted by molar-refractivity contribution is 5.98. The first-order valence-electron chi connectivity index (χ1n) is 11.6. The van der Waals surface area contributed by atoms with Gasteiger partial charge in [0.2, 0.25) is 5.91 Å². The van der Waals surface area contributed by atoms with E-state index < -0.39 is 11.9 Å². The zero-order valence-corrected chi connectivity index (χ0v) is 19.7. The lowest BCUT2D eigenvalue weighted by Gasteiger charge is -2.36. The van der Waals surface area contributed by atoms with E-state index in [1.54, 1.807) is 36.3 Å². The maximum Gasteiger partial charge on any atom is 0.256 e. The number of nitrogens with zero attached hydrogens (tertiary/aromatic N) is 1. The third kappa shape index (κ3) is 6.41. The normalized spacial score (nSPS) is 15.0. The molecule has 0 aromatic heterocycles. The van der Waals surface area contributed by atoms with Crippen molar-refractivity contribution in [2.75, 3.05) is 33.4 Å². The second-order valence-corrected chi connectivity index (χ2v) is 8.51. The Hall–Kier alpha value is -3.26. The SMILES string of the molecule is COCCCNC(=O)C(NC(=O)c1ccccc1C)C1CCN(C(=O)c2ccccc2F)CC1. The minimum Gasteiger partial charge on any atom is -0.385 e. The number of carbonyl (C=O) groups excluding carboxylic acids is 3. The minimum absolute atomic E-state index is 0.0428. The van der Waals surface area contributed by atoms with Crippen molar-refractivity contribution < 1.29 is 23.5 Å². The van der Waals surface area contributed by atoms with Gasteiger partial charge >= 0.3 is 0 Å². The Bertz CT molecular complexity index is 1010. The molecule has 182 valence electrons. The number of hydrogen-bond donors (Lipinski definition) is 2. The maximum absolute atomic E-state index is 14.1. The summed E-state index contributed by atoms with van der Waals surface area (Å²) < 4.78 is 19.1. The molecule has 1 heterocycles. The highest BCUT2D eigenvalue weighted by Crippen LogP contribution is 2.24. The van der Waals surface area contributed by atoms with E-state index in [-0.39, 0.29) is 29.2 Å². The molecule has 1 aliphatic rings. The fourth-order valence-electron chi connectivity index (χ4n) is 4.22. The van der Waals surface area contributed by atoms with E-state index >= 15 is 0 Å². The number of ether oxygens (including phenoxy) is 1. The van der Waals surface area contributed by atoms with Crippen LogP contribution in [0.2, 0.25) is 0 Å². The van der Waals surface area contributed by atoms with Gasteiger partial charge in [-0.05, 0) is 55.9 Å². The summed E-state index contributed by atoms with van der Waals surface area (Å²) in [4.78, 5) is 40.4. The number of nitrogens with one attached hydrogen (secondary N) is 2. The first kappa shape index (κ1) is 25.4. The lowest BCUT2D eigenvalue weighted by Crippen LogP contribution is -2.54. The fraction of sp³-hybridized carbons (Fsp3) is 0.423. The van der Waals surface area contributed by atoms with Crippen molar-refractivity contribution in [2.45, 2.75) is 32.2 Å². The Kier molecular flexibility index (Phi) is 9.16. The summed E-state index contributed by atoms with van der Waals surface area (Å²) in [6.07, 6.45) is 1.70. The number of likely N-dealkylation sites (tertiary alicyclic amines) is 1. The van der Waals surface area contributed by atoms with E-state index in [1.165, 1.54) is 12.1 Å². The van der Waals surface area contributed by atoms with Crippen LogP contribution in [-0.2, 0) is 9.53 Å². The molecule has 0 bridgehead atoms. The standard InChI is InChI=1S/C26H32FN3O4/c1-18-8-3-4-9-20(18)24(31)29-23(25(32)28-14-7-17-34-2)19-12-15-30(16-13-19)26(33)21-10-5-6-11-22(21)27/h3-6,8-11,19,23H,7,12-17H2,1-2H3,(H,28,32)(H,29,31). The third-order valence-corrected chi connectivity index (χ3v) is 6.19. The Balaban J connectivity index is 1.68. The van der Waals surface area contributed by atoms with Gasteiger partial charge in [0.1, 0.15) is 11.9 Å². The van der Waals surface area contributed by atoms with Crippen LogP contribution < -0.4 is 10.6 Å². The topological polar surface area (TPSA) is 87.7 Å². The molecule has 2 aromatic rings. The summed E-state index contributed by atoms with van der Waals surface area (Å²) in [7, 11) is 1.60. The smallest absolute Gasteiger partial charge is 0.256 e. The van der Waals surface area contributed by atoms with Crippen molar-refractivity contribution >= 4 is 17.7 Å². The van der Waals surface area contributed by atoms with Crippen molar-refractivity contribution in [3.63, 3.8) is 0 Å². The number of halogens is 1. The van der Waals surface area contributed by atoms with Crippen molar-refractivity contribution in [2.24, 2.45) is 5.92 Å². The molecule has 0 saturated carbocycles. The molecule has 2 N–H and O–H groups in total. The second-order valence-electron chi connectivity index (χ2n) is 8.51. The summed E-state index contributed by atoms with van der Waals surface area (Å²) in [6.45, 7) is 3.57. The summed E-state index contributed by atoms with van der Waals surface area (Å²) in [5, 5.41) is 5.81. The lowest BCUT2D eigenvalue weighted by molar-refractivity contribution is -0.124. The summed E-state index contributed by atoms with van der Waals surface area (Å²) in [5.41, 5.74) is 1.39. The molecule has 3 amide bonds. The van der Waals surface area contributed by atoms with Gasteiger partial charge in [0, 0.05) is 38.9 Å². The average Bonchev–Trinajstić information content (AvgIpc) is 2.85. The number of aryl methyl sites for hydroxylation is 1. The summed E-state index contributed by atoms with van der Waals surface area (Å²) in [5.74, 6) is -1.62. The number of rotatable bonds is 9. The van der Waals surface area contributed by atoms with Crippen LogP contribution in [-0.4, -0.2) is 62.0 Å². The van der Waals surface area contributed by atoms with E-state index in [0.29, 0.717) is 51.1 Å². The van der Waals surface area contributed by atoms with Gasteiger partial charge < -0.3 is 20.3 Å². The van der Waals surface area contributed by atoms with Gasteiger partial charge in [-0.3, -0.25) is 14.4 Å². The van der Waals surface area contributed by atoms with E-state index in [2.05, 4.69) is 10.6 Å². The first-order valence-corrected chi connectivity index (χ1v) is 11.6. The quantitative estimate of drug-likeness (QED) is 0.553. The number of hydrogen-bond acceptors (Lipinski definition) is 4. The molecule has 0 radical (unpaired) electrons. The van der Waals surface area contributed by atoms with Crippen molar-refractivity contribution in [3.05, 3.63) is 71.0 Å². The van der Waals surface area contributed by atoms with E-state index in [9.17, 15) is 18.8 Å². The zero-order valence-electron chi connectivity index (χ0n) is 19.7. The molecule has 0 spiro atoms. The number of benzene rings is 2. The monoisotopic (exact) mass is 469 g/mol. The average molecular weight is 470 g/mol. The molecule has 1 aliphatic heterocycles. The number of methoxy groups -OCH3 is 1. The maximum atomic E-state index is 14.1. The van der Waals surface area contributed by atoms with Gasteiger partial charge in [0.05, 0.1) is 5.56 Å².